The predicted octanol–water partition coefficient (Wildman–Crippen LogP) is 1.75. The predicted molar refractivity (Wildman–Crippen MR) is 81.0 cm³/mol. The number of benzene rings is 1. The molecule has 0 atom stereocenters. The van der Waals surface area contributed by atoms with Crippen molar-refractivity contribution in [2.24, 2.45) is 0 Å². The van der Waals surface area contributed by atoms with Crippen molar-refractivity contribution in [2.75, 3.05) is 5.73 Å². The number of aryl methyl sites for hydroxylation is 1. The van der Waals surface area contributed by atoms with Crippen LogP contribution in [0.5, 0.6) is 0 Å². The molecule has 0 spiro atoms. The summed E-state index contributed by atoms with van der Waals surface area (Å²) in [6.07, 6.45) is 0. The molecule has 1 aliphatic heterocycles. The smallest absolute Gasteiger partial charge is 0.399 e. The molecular weight excluding hydrogens is 253 g/mol. The zero-order valence-corrected chi connectivity index (χ0v) is 12.6. The molecule has 6 heteroatoms. The molecule has 20 heavy (non-hydrogen) atoms. The van der Waals surface area contributed by atoms with Crippen molar-refractivity contribution >= 4 is 29.6 Å². The number of nitrogens with one attached hydrogen (secondary N) is 1. The Kier molecular flexibility index (Phi) is 2.69. The van der Waals surface area contributed by atoms with E-state index in [-0.39, 0.29) is 18.3 Å². The fourth-order valence-electron chi connectivity index (χ4n) is 2.45. The van der Waals surface area contributed by atoms with Gasteiger partial charge < -0.3 is 20.0 Å². The molecule has 5 nitrogen and oxygen atoms in total. The second-order valence-electron chi connectivity index (χ2n) is 6.44. The number of H-pyrrole nitrogens is 1. The van der Waals surface area contributed by atoms with Gasteiger partial charge in [0.2, 0.25) is 0 Å². The van der Waals surface area contributed by atoms with E-state index in [1.165, 1.54) is 0 Å². The summed E-state index contributed by atoms with van der Waals surface area (Å²) in [5.41, 5.74) is 8.88. The third kappa shape index (κ3) is 1.91. The number of nitrogen functional groups attached to an aromatic ring is 1. The van der Waals surface area contributed by atoms with Crippen LogP contribution in [-0.2, 0) is 9.31 Å². The van der Waals surface area contributed by atoms with E-state index >= 15 is 0 Å². The summed E-state index contributed by atoms with van der Waals surface area (Å²) < 4.78 is 12.1. The minimum absolute atomic E-state index is 0.340. The van der Waals surface area contributed by atoms with Crippen molar-refractivity contribution in [2.45, 2.75) is 45.8 Å². The molecule has 2 aromatic rings. The van der Waals surface area contributed by atoms with Crippen molar-refractivity contribution < 1.29 is 9.31 Å². The zero-order chi connectivity index (χ0) is 14.7. The van der Waals surface area contributed by atoms with Crippen LogP contribution in [0.3, 0.4) is 0 Å². The Morgan fingerprint density at radius 1 is 1.15 bits per heavy atom. The maximum Gasteiger partial charge on any atom is 0.494 e. The summed E-state index contributed by atoms with van der Waals surface area (Å²) in [5, 5.41) is 0. The zero-order valence-electron chi connectivity index (χ0n) is 12.6. The molecule has 0 saturated carbocycles. The lowest BCUT2D eigenvalue weighted by molar-refractivity contribution is 0.00578. The first-order valence-electron chi connectivity index (χ1n) is 6.81. The number of hydrogen-bond acceptors (Lipinski definition) is 4. The van der Waals surface area contributed by atoms with Gasteiger partial charge >= 0.3 is 7.12 Å². The highest BCUT2D eigenvalue weighted by molar-refractivity contribution is 6.62. The molecule has 3 N–H and O–H groups in total. The van der Waals surface area contributed by atoms with E-state index in [0.29, 0.717) is 5.95 Å². The first-order valence-corrected chi connectivity index (χ1v) is 6.81. The second-order valence-corrected chi connectivity index (χ2v) is 6.44. The highest BCUT2D eigenvalue weighted by atomic mass is 16.7. The van der Waals surface area contributed by atoms with E-state index in [2.05, 4.69) is 9.97 Å². The number of fused-ring (bicyclic) bond motifs is 1. The van der Waals surface area contributed by atoms with Crippen LogP contribution in [0.25, 0.3) is 11.0 Å². The average molecular weight is 273 g/mol. The highest BCUT2D eigenvalue weighted by Crippen LogP contribution is 2.36. The second kappa shape index (κ2) is 3.99. The van der Waals surface area contributed by atoms with Gasteiger partial charge in [0.05, 0.1) is 22.2 Å². The molecule has 1 aromatic carbocycles. The van der Waals surface area contributed by atoms with Gasteiger partial charge in [0.1, 0.15) is 0 Å². The molecule has 1 aromatic heterocycles. The molecule has 106 valence electrons. The van der Waals surface area contributed by atoms with E-state index in [0.717, 1.165) is 22.1 Å². The van der Waals surface area contributed by atoms with Gasteiger partial charge in [-0.2, -0.15) is 0 Å². The first-order chi connectivity index (χ1) is 9.19. The van der Waals surface area contributed by atoms with Gasteiger partial charge in [-0.1, -0.05) is 6.07 Å². The molecule has 0 aliphatic carbocycles. The Hall–Kier alpha value is -1.53. The van der Waals surface area contributed by atoms with Gasteiger partial charge in [0.15, 0.2) is 5.95 Å². The van der Waals surface area contributed by atoms with Crippen LogP contribution >= 0.6 is 0 Å². The van der Waals surface area contributed by atoms with E-state index in [1.807, 2.05) is 46.8 Å². The largest absolute Gasteiger partial charge is 0.494 e. The molecule has 0 radical (unpaired) electrons. The number of anilines is 1. The topological polar surface area (TPSA) is 73.2 Å². The number of nitrogens with zero attached hydrogens (tertiary/aromatic N) is 1. The molecule has 0 bridgehead atoms. The fraction of sp³-hybridized carbons (Fsp3) is 0.500. The van der Waals surface area contributed by atoms with Gasteiger partial charge in [-0.25, -0.2) is 4.98 Å². The summed E-state index contributed by atoms with van der Waals surface area (Å²) in [6, 6.07) is 4.04. The maximum absolute atomic E-state index is 6.07. The molecule has 1 fully saturated rings. The van der Waals surface area contributed by atoms with Gasteiger partial charge in [-0.15, -0.1) is 0 Å². The Morgan fingerprint density at radius 3 is 2.35 bits per heavy atom. The van der Waals surface area contributed by atoms with E-state index in [9.17, 15) is 0 Å². The molecule has 0 amide bonds. The van der Waals surface area contributed by atoms with E-state index < -0.39 is 0 Å². The first kappa shape index (κ1) is 13.5. The van der Waals surface area contributed by atoms with Crippen LogP contribution in [0.2, 0.25) is 0 Å². The van der Waals surface area contributed by atoms with Crippen LogP contribution in [0, 0.1) is 6.92 Å². The number of aromatic amines is 1. The monoisotopic (exact) mass is 273 g/mol. The van der Waals surface area contributed by atoms with Crippen molar-refractivity contribution in [3.63, 3.8) is 0 Å². The van der Waals surface area contributed by atoms with Gasteiger partial charge in [0, 0.05) is 0 Å². The van der Waals surface area contributed by atoms with Crippen LogP contribution in [0.15, 0.2) is 12.1 Å². The van der Waals surface area contributed by atoms with Crippen molar-refractivity contribution in [3.8, 4) is 0 Å². The Morgan fingerprint density at radius 2 is 1.75 bits per heavy atom. The van der Waals surface area contributed by atoms with Crippen molar-refractivity contribution in [1.82, 2.24) is 9.97 Å². The number of aromatic nitrogens is 2. The highest BCUT2D eigenvalue weighted by Gasteiger charge is 2.51. The minimum Gasteiger partial charge on any atom is -0.399 e. The maximum atomic E-state index is 6.07. The van der Waals surface area contributed by atoms with Crippen molar-refractivity contribution in [1.29, 1.82) is 0 Å². The van der Waals surface area contributed by atoms with Crippen LogP contribution in [0.4, 0.5) is 5.95 Å². The standard InChI is InChI=1S/C14H20BN3O2/c1-8-6-9(7-10-11(8)18-12(16)17-10)15-19-13(2,3)14(4,5)20-15/h6-7H,1-5H3,(H3,16,17,18). The van der Waals surface area contributed by atoms with Gasteiger partial charge in [-0.05, 0) is 51.7 Å². The molecule has 1 aliphatic rings. The summed E-state index contributed by atoms with van der Waals surface area (Å²) in [6.45, 7) is 10.2. The lowest BCUT2D eigenvalue weighted by atomic mass is 9.78. The van der Waals surface area contributed by atoms with Crippen LogP contribution in [-0.4, -0.2) is 28.3 Å². The Balaban J connectivity index is 2.04. The molecule has 3 rings (SSSR count). The number of hydrogen-bond donors (Lipinski definition) is 2. The summed E-state index contributed by atoms with van der Waals surface area (Å²) >= 11 is 0. The van der Waals surface area contributed by atoms with Crippen molar-refractivity contribution in [3.05, 3.63) is 17.7 Å². The SMILES string of the molecule is Cc1cc(B2OC(C)(C)C(C)(C)O2)cc2[nH]c(N)nc12. The van der Waals surface area contributed by atoms with Crippen LogP contribution in [0.1, 0.15) is 33.3 Å². The van der Waals surface area contributed by atoms with Crippen LogP contribution < -0.4 is 11.2 Å². The molecular formula is C14H20BN3O2. The quantitative estimate of drug-likeness (QED) is 0.776. The summed E-state index contributed by atoms with van der Waals surface area (Å²) in [7, 11) is -0.368. The average Bonchev–Trinajstić information content (AvgIpc) is 2.77. The Labute approximate surface area is 119 Å². The summed E-state index contributed by atoms with van der Waals surface area (Å²) in [4.78, 5) is 7.34. The van der Waals surface area contributed by atoms with E-state index in [4.69, 9.17) is 15.0 Å². The fourth-order valence-corrected chi connectivity index (χ4v) is 2.45. The lowest BCUT2D eigenvalue weighted by Gasteiger charge is -2.32. The minimum atomic E-state index is -0.368. The lowest BCUT2D eigenvalue weighted by Crippen LogP contribution is -2.41. The van der Waals surface area contributed by atoms with Gasteiger partial charge in [0.25, 0.3) is 0 Å². The number of rotatable bonds is 1. The van der Waals surface area contributed by atoms with Gasteiger partial charge in [-0.3, -0.25) is 0 Å². The number of nitrogens with two attached hydrogens (primary N) is 1. The third-order valence-corrected chi connectivity index (χ3v) is 4.34. The third-order valence-electron chi connectivity index (χ3n) is 4.34. The van der Waals surface area contributed by atoms with E-state index in [1.54, 1.807) is 0 Å². The summed E-state index contributed by atoms with van der Waals surface area (Å²) in [5.74, 6) is 0.425. The molecule has 2 heterocycles. The number of imidazole rings is 1. The molecule has 0 unspecified atom stereocenters. The molecule has 1 saturated heterocycles. The normalized spacial score (nSPS) is 20.8. The Bertz CT molecular complexity index is 662.